The molecule has 1 aliphatic rings. The van der Waals surface area contributed by atoms with Gasteiger partial charge in [-0.15, -0.1) is 0 Å². The lowest BCUT2D eigenvalue weighted by Crippen LogP contribution is -2.47. The third kappa shape index (κ3) is 7.58. The second kappa shape index (κ2) is 11.8. The third-order valence-electron chi connectivity index (χ3n) is 4.97. The van der Waals surface area contributed by atoms with Gasteiger partial charge in [-0.3, -0.25) is 9.59 Å². The van der Waals surface area contributed by atoms with Gasteiger partial charge in [0.1, 0.15) is 0 Å². The van der Waals surface area contributed by atoms with Crippen LogP contribution in [0.25, 0.3) is 0 Å². The molecule has 1 saturated heterocycles. The second-order valence-corrected chi connectivity index (χ2v) is 6.99. The molecule has 0 saturated carbocycles. The number of rotatable bonds is 11. The van der Waals surface area contributed by atoms with Crippen LogP contribution in [0, 0.1) is 0 Å². The van der Waals surface area contributed by atoms with Crippen molar-refractivity contribution in [2.45, 2.75) is 31.3 Å². The van der Waals surface area contributed by atoms with Crippen LogP contribution < -0.4 is 0 Å². The molecule has 156 valence electrons. The topological polar surface area (TPSA) is 74.3 Å². The molecule has 0 radical (unpaired) electrons. The molecule has 1 aromatic rings. The molecule has 1 heterocycles. The molecule has 0 aliphatic carbocycles. The Bertz CT molecular complexity index is 580. The molecule has 1 aromatic carbocycles. The zero-order valence-corrected chi connectivity index (χ0v) is 16.9. The highest BCUT2D eigenvalue weighted by Gasteiger charge is 2.34. The lowest BCUT2D eigenvalue weighted by atomic mass is 9.90. The maximum Gasteiger partial charge on any atom is 0.306 e. The molecule has 1 fully saturated rings. The molecule has 0 aromatic heterocycles. The van der Waals surface area contributed by atoms with E-state index < -0.39 is 5.60 Å². The van der Waals surface area contributed by atoms with E-state index in [1.54, 1.807) is 0 Å². The summed E-state index contributed by atoms with van der Waals surface area (Å²) in [6, 6.07) is 10.2. The maximum atomic E-state index is 11.5. The van der Waals surface area contributed by atoms with Crippen LogP contribution >= 0.6 is 0 Å². The Morgan fingerprint density at radius 2 is 1.64 bits per heavy atom. The first-order valence-electron chi connectivity index (χ1n) is 9.68. The largest absolute Gasteiger partial charge is 0.469 e. The van der Waals surface area contributed by atoms with E-state index in [4.69, 9.17) is 18.9 Å². The molecular weight excluding hydrogens is 362 g/mol. The van der Waals surface area contributed by atoms with Crippen LogP contribution in [0.2, 0.25) is 0 Å². The molecule has 1 atom stereocenters. The maximum absolute atomic E-state index is 11.5. The number of carbonyl (C=O) groups excluding carboxylic acids is 2. The van der Waals surface area contributed by atoms with Crippen molar-refractivity contribution in [3.8, 4) is 0 Å². The Morgan fingerprint density at radius 1 is 1.00 bits per heavy atom. The number of ether oxygens (including phenoxy) is 4. The van der Waals surface area contributed by atoms with Gasteiger partial charge in [0.25, 0.3) is 0 Å². The lowest BCUT2D eigenvalue weighted by Gasteiger charge is -2.39. The zero-order chi connectivity index (χ0) is 20.2. The lowest BCUT2D eigenvalue weighted by molar-refractivity contribution is -0.162. The number of hydrogen-bond acceptors (Lipinski definition) is 7. The summed E-state index contributed by atoms with van der Waals surface area (Å²) in [4.78, 5) is 25.2. The molecule has 1 unspecified atom stereocenters. The highest BCUT2D eigenvalue weighted by molar-refractivity contribution is 5.70. The number of esters is 2. The van der Waals surface area contributed by atoms with E-state index in [-0.39, 0.29) is 24.8 Å². The highest BCUT2D eigenvalue weighted by Crippen LogP contribution is 2.26. The van der Waals surface area contributed by atoms with Crippen molar-refractivity contribution in [2.24, 2.45) is 0 Å². The van der Waals surface area contributed by atoms with Crippen LogP contribution in [0.5, 0.6) is 0 Å². The van der Waals surface area contributed by atoms with Gasteiger partial charge < -0.3 is 23.8 Å². The molecule has 2 rings (SSSR count). The predicted octanol–water partition coefficient (Wildman–Crippen LogP) is 1.83. The SMILES string of the molecule is COC(=O)CCN(CCC(=O)OC)CCC1(Cc2ccccc2)COCCO1. The summed E-state index contributed by atoms with van der Waals surface area (Å²) >= 11 is 0. The minimum Gasteiger partial charge on any atom is -0.469 e. The number of methoxy groups -OCH3 is 2. The second-order valence-electron chi connectivity index (χ2n) is 6.99. The summed E-state index contributed by atoms with van der Waals surface area (Å²) in [6.07, 6.45) is 2.06. The van der Waals surface area contributed by atoms with Crippen molar-refractivity contribution in [1.82, 2.24) is 4.90 Å². The first-order chi connectivity index (χ1) is 13.6. The first-order valence-corrected chi connectivity index (χ1v) is 9.68. The summed E-state index contributed by atoms with van der Waals surface area (Å²) < 4.78 is 21.4. The van der Waals surface area contributed by atoms with Crippen molar-refractivity contribution in [3.63, 3.8) is 0 Å². The van der Waals surface area contributed by atoms with Gasteiger partial charge in [0, 0.05) is 26.1 Å². The summed E-state index contributed by atoms with van der Waals surface area (Å²) in [5, 5.41) is 0. The van der Waals surface area contributed by atoms with Gasteiger partial charge in [0.2, 0.25) is 0 Å². The molecular formula is C21H31NO6. The molecule has 1 aliphatic heterocycles. The average Bonchev–Trinajstić information content (AvgIpc) is 2.74. The number of carbonyl (C=O) groups is 2. The highest BCUT2D eigenvalue weighted by atomic mass is 16.6. The Kier molecular flexibility index (Phi) is 9.40. The fourth-order valence-electron chi connectivity index (χ4n) is 3.32. The average molecular weight is 393 g/mol. The summed E-state index contributed by atoms with van der Waals surface area (Å²) in [5.41, 5.74) is 0.789. The van der Waals surface area contributed by atoms with Crippen molar-refractivity contribution < 1.29 is 28.5 Å². The number of nitrogens with zero attached hydrogens (tertiary/aromatic N) is 1. The standard InChI is InChI=1S/C21H31NO6/c1-25-19(23)8-11-22(12-9-20(24)26-2)13-10-21(17-27-14-15-28-21)16-18-6-4-3-5-7-18/h3-7H,8-17H2,1-2H3. The summed E-state index contributed by atoms with van der Waals surface area (Å²) in [5.74, 6) is -0.529. The van der Waals surface area contributed by atoms with E-state index in [1.165, 1.54) is 19.8 Å². The predicted molar refractivity (Wildman–Crippen MR) is 104 cm³/mol. The Balaban J connectivity index is 1.99. The van der Waals surface area contributed by atoms with E-state index in [9.17, 15) is 9.59 Å². The fraction of sp³-hybridized carbons (Fsp3) is 0.619. The van der Waals surface area contributed by atoms with Gasteiger partial charge in [0.15, 0.2) is 0 Å². The quantitative estimate of drug-likeness (QED) is 0.531. The zero-order valence-electron chi connectivity index (χ0n) is 16.9. The summed E-state index contributed by atoms with van der Waals surface area (Å²) in [6.45, 7) is 3.42. The third-order valence-corrected chi connectivity index (χ3v) is 4.97. The van der Waals surface area contributed by atoms with Crippen LogP contribution in [0.15, 0.2) is 30.3 Å². The van der Waals surface area contributed by atoms with Crippen LogP contribution in [0.4, 0.5) is 0 Å². The van der Waals surface area contributed by atoms with Gasteiger partial charge in [-0.2, -0.15) is 0 Å². The van der Waals surface area contributed by atoms with E-state index in [0.717, 1.165) is 12.8 Å². The van der Waals surface area contributed by atoms with Gasteiger partial charge in [-0.1, -0.05) is 30.3 Å². The molecule has 0 bridgehead atoms. The summed E-state index contributed by atoms with van der Waals surface area (Å²) in [7, 11) is 2.76. The smallest absolute Gasteiger partial charge is 0.306 e. The normalized spacial score (nSPS) is 19.4. The Labute approximate surface area is 166 Å². The number of benzene rings is 1. The first kappa shape index (κ1) is 22.3. The van der Waals surface area contributed by atoms with Crippen LogP contribution in [-0.4, -0.2) is 76.1 Å². The van der Waals surface area contributed by atoms with Crippen LogP contribution in [0.3, 0.4) is 0 Å². The van der Waals surface area contributed by atoms with Gasteiger partial charge >= 0.3 is 11.9 Å². The van der Waals surface area contributed by atoms with Crippen molar-refractivity contribution in [3.05, 3.63) is 35.9 Å². The van der Waals surface area contributed by atoms with Gasteiger partial charge in [0.05, 0.1) is 52.5 Å². The fourth-order valence-corrected chi connectivity index (χ4v) is 3.32. The minimum atomic E-state index is -0.408. The molecule has 0 spiro atoms. The van der Waals surface area contributed by atoms with Crippen molar-refractivity contribution in [2.75, 3.05) is 53.7 Å². The Hall–Kier alpha value is -1.96. The van der Waals surface area contributed by atoms with E-state index in [0.29, 0.717) is 39.5 Å². The molecule has 28 heavy (non-hydrogen) atoms. The monoisotopic (exact) mass is 393 g/mol. The van der Waals surface area contributed by atoms with E-state index in [1.807, 2.05) is 18.2 Å². The van der Waals surface area contributed by atoms with Crippen molar-refractivity contribution in [1.29, 1.82) is 0 Å². The molecule has 7 nitrogen and oxygen atoms in total. The molecule has 0 amide bonds. The van der Waals surface area contributed by atoms with Gasteiger partial charge in [-0.25, -0.2) is 0 Å². The Morgan fingerprint density at radius 3 is 2.18 bits per heavy atom. The minimum absolute atomic E-state index is 0.265. The van der Waals surface area contributed by atoms with E-state index >= 15 is 0 Å². The van der Waals surface area contributed by atoms with Gasteiger partial charge in [-0.05, 0) is 12.0 Å². The van der Waals surface area contributed by atoms with Crippen LogP contribution in [-0.2, 0) is 35.0 Å². The van der Waals surface area contributed by atoms with E-state index in [2.05, 4.69) is 17.0 Å². The van der Waals surface area contributed by atoms with Crippen LogP contribution in [0.1, 0.15) is 24.8 Å². The van der Waals surface area contributed by atoms with Crippen molar-refractivity contribution >= 4 is 11.9 Å². The molecule has 0 N–H and O–H groups in total. The number of hydrogen-bond donors (Lipinski definition) is 0. The molecule has 7 heteroatoms.